The molecule has 1 fully saturated rings. The summed E-state index contributed by atoms with van der Waals surface area (Å²) in [5.41, 5.74) is 3.61. The summed E-state index contributed by atoms with van der Waals surface area (Å²) >= 11 is 0. The molecule has 2 N–H and O–H groups in total. The summed E-state index contributed by atoms with van der Waals surface area (Å²) in [5.74, 6) is -0.211. The van der Waals surface area contributed by atoms with Gasteiger partial charge in [0.25, 0.3) is 5.91 Å². The van der Waals surface area contributed by atoms with Gasteiger partial charge in [-0.05, 0) is 54.3 Å². The maximum absolute atomic E-state index is 12.2. The summed E-state index contributed by atoms with van der Waals surface area (Å²) in [6.07, 6.45) is 3.41. The van der Waals surface area contributed by atoms with Crippen molar-refractivity contribution in [3.8, 4) is 17.2 Å². The van der Waals surface area contributed by atoms with Crippen LogP contribution in [0.2, 0.25) is 0 Å². The minimum absolute atomic E-state index is 0.0572. The Balaban J connectivity index is 1.47. The van der Waals surface area contributed by atoms with Crippen molar-refractivity contribution in [3.63, 3.8) is 0 Å². The average Bonchev–Trinajstić information content (AvgIpc) is 3.41. The molecule has 10 nitrogen and oxygen atoms in total. The molecule has 0 aliphatic carbocycles. The van der Waals surface area contributed by atoms with Crippen LogP contribution in [0.15, 0.2) is 47.6 Å². The lowest BCUT2D eigenvalue weighted by Gasteiger charge is -2.16. The fourth-order valence-corrected chi connectivity index (χ4v) is 3.30. The van der Waals surface area contributed by atoms with Gasteiger partial charge in [-0.25, -0.2) is 5.43 Å². The number of nitrogens with one attached hydrogen (secondary N) is 2. The number of rotatable bonds is 9. The Bertz CT molecular complexity index is 1030. The zero-order valence-corrected chi connectivity index (χ0v) is 19.2. The summed E-state index contributed by atoms with van der Waals surface area (Å²) in [6, 6.07) is 12.1. The summed E-state index contributed by atoms with van der Waals surface area (Å²) < 4.78 is 16.0. The first-order valence-electron chi connectivity index (χ1n) is 10.8. The molecule has 3 amide bonds. The van der Waals surface area contributed by atoms with Crippen molar-refractivity contribution in [3.05, 3.63) is 53.6 Å². The number of benzene rings is 2. The molecule has 3 rings (SSSR count). The maximum atomic E-state index is 12.2. The van der Waals surface area contributed by atoms with Crippen LogP contribution in [0.5, 0.6) is 17.2 Å². The quantitative estimate of drug-likeness (QED) is 0.327. The number of hydrazone groups is 1. The van der Waals surface area contributed by atoms with Gasteiger partial charge in [0.2, 0.25) is 0 Å². The first-order valence-corrected chi connectivity index (χ1v) is 10.8. The molecule has 0 saturated carbocycles. The predicted molar refractivity (Wildman–Crippen MR) is 125 cm³/mol. The molecular formula is C24H28N4O6. The topological polar surface area (TPSA) is 119 Å². The molecule has 0 atom stereocenters. The second-order valence-electron chi connectivity index (χ2n) is 7.52. The minimum atomic E-state index is -0.892. The molecule has 1 saturated heterocycles. The highest BCUT2D eigenvalue weighted by atomic mass is 16.5. The molecule has 0 unspecified atom stereocenters. The molecular weight excluding hydrogens is 440 g/mol. The van der Waals surface area contributed by atoms with Crippen LogP contribution in [0.25, 0.3) is 0 Å². The van der Waals surface area contributed by atoms with E-state index >= 15 is 0 Å². The molecule has 0 bridgehead atoms. The van der Waals surface area contributed by atoms with E-state index in [9.17, 15) is 14.4 Å². The summed E-state index contributed by atoms with van der Waals surface area (Å²) in [4.78, 5) is 37.9. The van der Waals surface area contributed by atoms with Crippen LogP contribution in [-0.2, 0) is 20.9 Å². The largest absolute Gasteiger partial charge is 0.497 e. The van der Waals surface area contributed by atoms with E-state index in [1.165, 1.54) is 13.3 Å². The van der Waals surface area contributed by atoms with Crippen LogP contribution in [0, 0.1) is 0 Å². The fraction of sp³-hybridized carbons (Fsp3) is 0.333. The van der Waals surface area contributed by atoms with E-state index in [1.54, 1.807) is 54.5 Å². The maximum Gasteiger partial charge on any atom is 0.329 e. The van der Waals surface area contributed by atoms with Crippen molar-refractivity contribution in [1.82, 2.24) is 15.6 Å². The summed E-state index contributed by atoms with van der Waals surface area (Å²) in [6.45, 7) is 1.66. The van der Waals surface area contributed by atoms with E-state index in [0.717, 1.165) is 31.5 Å². The Morgan fingerprint density at radius 1 is 0.971 bits per heavy atom. The van der Waals surface area contributed by atoms with Crippen LogP contribution in [0.3, 0.4) is 0 Å². The Hall–Kier alpha value is -4.08. The Morgan fingerprint density at radius 2 is 1.71 bits per heavy atom. The van der Waals surface area contributed by atoms with Crippen molar-refractivity contribution < 1.29 is 28.6 Å². The second kappa shape index (κ2) is 12.2. The number of carbonyl (C=O) groups is 3. The monoisotopic (exact) mass is 468 g/mol. The number of methoxy groups -OCH3 is 2. The van der Waals surface area contributed by atoms with Crippen LogP contribution < -0.4 is 25.0 Å². The number of hydrogen-bond acceptors (Lipinski definition) is 7. The highest BCUT2D eigenvalue weighted by Crippen LogP contribution is 2.27. The third-order valence-corrected chi connectivity index (χ3v) is 5.20. The smallest absolute Gasteiger partial charge is 0.329 e. The molecule has 10 heteroatoms. The van der Waals surface area contributed by atoms with E-state index in [0.29, 0.717) is 22.8 Å². The number of carbonyl (C=O) groups excluding carboxylic acids is 3. The summed E-state index contributed by atoms with van der Waals surface area (Å²) in [7, 11) is 3.05. The minimum Gasteiger partial charge on any atom is -0.497 e. The third-order valence-electron chi connectivity index (χ3n) is 5.20. The van der Waals surface area contributed by atoms with Gasteiger partial charge >= 0.3 is 11.8 Å². The van der Waals surface area contributed by atoms with E-state index in [1.807, 2.05) is 0 Å². The van der Waals surface area contributed by atoms with Gasteiger partial charge in [-0.15, -0.1) is 0 Å². The lowest BCUT2D eigenvalue weighted by Crippen LogP contribution is -2.37. The second-order valence-corrected chi connectivity index (χ2v) is 7.52. The fourth-order valence-electron chi connectivity index (χ4n) is 3.30. The van der Waals surface area contributed by atoms with Crippen LogP contribution in [0.4, 0.5) is 0 Å². The molecule has 34 heavy (non-hydrogen) atoms. The van der Waals surface area contributed by atoms with Crippen molar-refractivity contribution in [2.24, 2.45) is 5.10 Å². The number of likely N-dealkylation sites (tertiary alicyclic amines) is 1. The standard InChI is InChI=1S/C24H28N4O6/c1-32-19-8-5-17(6-9-19)14-25-23(30)24(31)27-26-15-18-7-10-20(21(13-18)33-2)34-16-22(29)28-11-3-4-12-28/h5-10,13,15H,3-4,11-12,14,16H2,1-2H3,(H,25,30)(H,27,31)/b26-15-. The average molecular weight is 469 g/mol. The van der Waals surface area contributed by atoms with Gasteiger partial charge in [0, 0.05) is 19.6 Å². The van der Waals surface area contributed by atoms with Gasteiger partial charge in [0.05, 0.1) is 20.4 Å². The molecule has 0 aromatic heterocycles. The zero-order chi connectivity index (χ0) is 24.3. The SMILES string of the molecule is COc1ccc(CNC(=O)C(=O)N/N=C\c2ccc(OCC(=O)N3CCCC3)c(OC)c2)cc1. The molecule has 2 aromatic carbocycles. The first-order chi connectivity index (χ1) is 16.5. The molecule has 1 aliphatic heterocycles. The van der Waals surface area contributed by atoms with Crippen molar-refractivity contribution in [2.75, 3.05) is 33.9 Å². The van der Waals surface area contributed by atoms with Gasteiger partial charge in [-0.1, -0.05) is 12.1 Å². The van der Waals surface area contributed by atoms with E-state index in [-0.39, 0.29) is 19.1 Å². The normalized spacial score (nSPS) is 12.9. The molecule has 1 aliphatic rings. The third kappa shape index (κ3) is 6.96. The van der Waals surface area contributed by atoms with E-state index in [2.05, 4.69) is 15.8 Å². The number of nitrogens with zero attached hydrogens (tertiary/aromatic N) is 2. The molecule has 1 heterocycles. The number of hydrogen-bond donors (Lipinski definition) is 2. The van der Waals surface area contributed by atoms with Crippen molar-refractivity contribution >= 4 is 23.9 Å². The number of amides is 3. The Labute approximate surface area is 197 Å². The highest BCUT2D eigenvalue weighted by molar-refractivity contribution is 6.35. The first kappa shape index (κ1) is 24.6. The zero-order valence-electron chi connectivity index (χ0n) is 19.2. The van der Waals surface area contributed by atoms with Crippen LogP contribution in [-0.4, -0.2) is 62.8 Å². The van der Waals surface area contributed by atoms with Gasteiger partial charge < -0.3 is 24.4 Å². The lowest BCUT2D eigenvalue weighted by atomic mass is 10.2. The molecule has 0 spiro atoms. The highest BCUT2D eigenvalue weighted by Gasteiger charge is 2.19. The van der Waals surface area contributed by atoms with Crippen molar-refractivity contribution in [2.45, 2.75) is 19.4 Å². The van der Waals surface area contributed by atoms with E-state index in [4.69, 9.17) is 14.2 Å². The number of ether oxygens (including phenoxy) is 3. The Kier molecular flexibility index (Phi) is 8.84. The summed E-state index contributed by atoms with van der Waals surface area (Å²) in [5, 5.41) is 6.33. The van der Waals surface area contributed by atoms with Gasteiger partial charge in [-0.3, -0.25) is 14.4 Å². The van der Waals surface area contributed by atoms with Gasteiger partial charge in [0.1, 0.15) is 5.75 Å². The van der Waals surface area contributed by atoms with Crippen molar-refractivity contribution in [1.29, 1.82) is 0 Å². The predicted octanol–water partition coefficient (Wildman–Crippen LogP) is 1.47. The molecule has 0 radical (unpaired) electrons. The Morgan fingerprint density at radius 3 is 2.38 bits per heavy atom. The lowest BCUT2D eigenvalue weighted by molar-refractivity contribution is -0.139. The van der Waals surface area contributed by atoms with E-state index < -0.39 is 11.8 Å². The van der Waals surface area contributed by atoms with Crippen LogP contribution in [0.1, 0.15) is 24.0 Å². The van der Waals surface area contributed by atoms with Gasteiger partial charge in [0.15, 0.2) is 18.1 Å². The van der Waals surface area contributed by atoms with Gasteiger partial charge in [-0.2, -0.15) is 5.10 Å². The van der Waals surface area contributed by atoms with Crippen LogP contribution >= 0.6 is 0 Å². The molecule has 180 valence electrons. The molecule has 2 aromatic rings.